The van der Waals surface area contributed by atoms with Crippen molar-refractivity contribution in [2.75, 3.05) is 0 Å². The summed E-state index contributed by atoms with van der Waals surface area (Å²) >= 11 is 0. The fraction of sp³-hybridized carbons (Fsp3) is 0.842. The molecule has 0 saturated heterocycles. The molecule has 9 heteroatoms. The van der Waals surface area contributed by atoms with Crippen molar-refractivity contribution < 1.29 is 40.3 Å². The molecule has 0 saturated carbocycles. The van der Waals surface area contributed by atoms with Crippen LogP contribution in [0.1, 0.15) is 83.5 Å². The van der Waals surface area contributed by atoms with Crippen LogP contribution >= 0.6 is 0 Å². The zero-order chi connectivity index (χ0) is 21.7. The van der Waals surface area contributed by atoms with E-state index in [1.165, 1.54) is 0 Å². The zero-order valence-corrected chi connectivity index (χ0v) is 15.9. The average molecular weight is 422 g/mol. The number of rotatable bonds is 16. The van der Waals surface area contributed by atoms with Gasteiger partial charge in [-0.15, -0.1) is 0 Å². The molecule has 0 unspecified atom stereocenters. The highest BCUT2D eigenvalue weighted by Crippen LogP contribution is 2.39. The number of hydrogen-bond acceptors (Lipinski definition) is 2. The summed E-state index contributed by atoms with van der Waals surface area (Å²) in [6.07, 6.45) is -3.72. The summed E-state index contributed by atoms with van der Waals surface area (Å²) in [6, 6.07) is 0. The molecule has 0 radical (unpaired) electrons. The van der Waals surface area contributed by atoms with E-state index in [9.17, 15) is 35.5 Å². The maximum atomic E-state index is 13.4. The van der Waals surface area contributed by atoms with E-state index in [2.05, 4.69) is 11.3 Å². The van der Waals surface area contributed by atoms with Crippen LogP contribution in [-0.4, -0.2) is 24.2 Å². The lowest BCUT2D eigenvalue weighted by Crippen LogP contribution is -2.44. The Bertz CT molecular complexity index is 448. The first-order chi connectivity index (χ1) is 12.9. The third-order valence-electron chi connectivity index (χ3n) is 4.27. The van der Waals surface area contributed by atoms with Crippen molar-refractivity contribution in [3.05, 3.63) is 12.7 Å². The van der Waals surface area contributed by atoms with Gasteiger partial charge in [0, 0.05) is 18.9 Å². The molecule has 0 aromatic carbocycles. The number of esters is 1. The van der Waals surface area contributed by atoms with Gasteiger partial charge >= 0.3 is 24.2 Å². The Morgan fingerprint density at radius 2 is 1.04 bits per heavy atom. The van der Waals surface area contributed by atoms with Crippen molar-refractivity contribution >= 4 is 5.97 Å². The average Bonchev–Trinajstić information content (AvgIpc) is 2.57. The van der Waals surface area contributed by atoms with Crippen LogP contribution in [0.3, 0.4) is 0 Å². The molecule has 0 fully saturated rings. The van der Waals surface area contributed by atoms with Crippen LogP contribution in [0, 0.1) is 0 Å². The first kappa shape index (κ1) is 26.7. The Kier molecular flexibility index (Phi) is 12.4. The van der Waals surface area contributed by atoms with Crippen molar-refractivity contribution in [2.24, 2.45) is 0 Å². The second-order valence-corrected chi connectivity index (χ2v) is 6.85. The van der Waals surface area contributed by atoms with Crippen molar-refractivity contribution in [3.8, 4) is 0 Å². The molecule has 28 heavy (non-hydrogen) atoms. The molecule has 0 aromatic rings. The first-order valence-electron chi connectivity index (χ1n) is 9.59. The second-order valence-electron chi connectivity index (χ2n) is 6.85. The summed E-state index contributed by atoms with van der Waals surface area (Å²) in [6.45, 7) is 2.88. The standard InChI is InChI=1S/C19H29F7O2/c1-2-16(27)28-19(25,26)17(20,21)14-12-10-8-6-4-3-5-7-9-11-13-15-18(22,23)24/h2H,1,3-15H2. The SMILES string of the molecule is C=CC(=O)OC(F)(F)C(F)(F)CCCCCCCCCCCCCC(F)(F)F. The summed E-state index contributed by atoms with van der Waals surface area (Å²) < 4.78 is 92.6. The van der Waals surface area contributed by atoms with Crippen molar-refractivity contribution in [1.29, 1.82) is 0 Å². The molecule has 0 N–H and O–H groups in total. The van der Waals surface area contributed by atoms with E-state index < -0.39 is 37.0 Å². The van der Waals surface area contributed by atoms with Crippen LogP contribution in [0.15, 0.2) is 12.7 Å². The Morgan fingerprint density at radius 1 is 0.679 bits per heavy atom. The van der Waals surface area contributed by atoms with Crippen LogP contribution < -0.4 is 0 Å². The minimum atomic E-state index is -4.86. The first-order valence-corrected chi connectivity index (χ1v) is 9.59. The number of alkyl halides is 7. The molecule has 2 nitrogen and oxygen atoms in total. The minimum absolute atomic E-state index is 0.118. The monoisotopic (exact) mass is 422 g/mol. The van der Waals surface area contributed by atoms with Gasteiger partial charge in [0.2, 0.25) is 0 Å². The Morgan fingerprint density at radius 3 is 1.39 bits per heavy atom. The number of carbonyl (C=O) groups excluding carboxylic acids is 1. The maximum absolute atomic E-state index is 13.4. The lowest BCUT2D eigenvalue weighted by atomic mass is 10.0. The van der Waals surface area contributed by atoms with Gasteiger partial charge in [-0.25, -0.2) is 4.79 Å². The van der Waals surface area contributed by atoms with Gasteiger partial charge in [0.1, 0.15) is 0 Å². The fourth-order valence-corrected chi connectivity index (χ4v) is 2.65. The number of carbonyl (C=O) groups is 1. The van der Waals surface area contributed by atoms with Gasteiger partial charge in [-0.05, 0) is 12.8 Å². The van der Waals surface area contributed by atoms with Crippen LogP contribution in [0.4, 0.5) is 30.7 Å². The molecule has 0 bridgehead atoms. The third kappa shape index (κ3) is 13.0. The van der Waals surface area contributed by atoms with Gasteiger partial charge in [0.15, 0.2) is 0 Å². The highest BCUT2D eigenvalue weighted by Gasteiger charge is 2.59. The van der Waals surface area contributed by atoms with E-state index in [1.54, 1.807) is 0 Å². The highest BCUT2D eigenvalue weighted by atomic mass is 19.4. The normalized spacial score (nSPS) is 12.8. The van der Waals surface area contributed by atoms with Crippen LogP contribution in [0.25, 0.3) is 0 Å². The van der Waals surface area contributed by atoms with E-state index in [1.807, 2.05) is 0 Å². The van der Waals surface area contributed by atoms with E-state index in [0.29, 0.717) is 25.3 Å². The molecule has 0 aromatic heterocycles. The summed E-state index contributed by atoms with van der Waals surface area (Å²) in [5.41, 5.74) is 0. The van der Waals surface area contributed by atoms with E-state index in [4.69, 9.17) is 0 Å². The molecule has 0 amide bonds. The van der Waals surface area contributed by atoms with Gasteiger partial charge in [-0.3, -0.25) is 0 Å². The van der Waals surface area contributed by atoms with Gasteiger partial charge < -0.3 is 4.74 Å². The zero-order valence-electron chi connectivity index (χ0n) is 15.9. The lowest BCUT2D eigenvalue weighted by Gasteiger charge is -2.25. The molecule has 0 aliphatic heterocycles. The topological polar surface area (TPSA) is 26.3 Å². The molecule has 0 spiro atoms. The Hall–Kier alpha value is -1.28. The summed E-state index contributed by atoms with van der Waals surface area (Å²) in [7, 11) is 0. The lowest BCUT2D eigenvalue weighted by molar-refractivity contribution is -0.330. The third-order valence-corrected chi connectivity index (χ3v) is 4.27. The number of ether oxygens (including phenoxy) is 1. The van der Waals surface area contributed by atoms with E-state index in [0.717, 1.165) is 38.5 Å². The number of halogens is 7. The van der Waals surface area contributed by atoms with E-state index in [-0.39, 0.29) is 12.8 Å². The van der Waals surface area contributed by atoms with Crippen LogP contribution in [0.5, 0.6) is 0 Å². The Balaban J connectivity index is 3.63. The minimum Gasteiger partial charge on any atom is -0.393 e. The molecule has 0 aliphatic carbocycles. The largest absolute Gasteiger partial charge is 0.466 e. The Labute approximate surface area is 161 Å². The summed E-state index contributed by atoms with van der Waals surface area (Å²) in [5.74, 6) is -6.04. The molecule has 0 heterocycles. The van der Waals surface area contributed by atoms with Gasteiger partial charge in [-0.2, -0.15) is 30.7 Å². The maximum Gasteiger partial charge on any atom is 0.466 e. The molecule has 166 valence electrons. The molecule has 0 aliphatic rings. The van der Waals surface area contributed by atoms with Crippen LogP contribution in [-0.2, 0) is 9.53 Å². The van der Waals surface area contributed by atoms with Crippen molar-refractivity contribution in [3.63, 3.8) is 0 Å². The number of hydrogen-bond donors (Lipinski definition) is 0. The van der Waals surface area contributed by atoms with Crippen molar-refractivity contribution in [1.82, 2.24) is 0 Å². The number of unbranched alkanes of at least 4 members (excludes halogenated alkanes) is 10. The predicted molar refractivity (Wildman–Crippen MR) is 92.3 cm³/mol. The van der Waals surface area contributed by atoms with Gasteiger partial charge in [-0.1, -0.05) is 64.4 Å². The van der Waals surface area contributed by atoms with E-state index >= 15 is 0 Å². The highest BCUT2D eigenvalue weighted by molar-refractivity contribution is 5.81. The second kappa shape index (κ2) is 13.0. The summed E-state index contributed by atoms with van der Waals surface area (Å²) in [5, 5.41) is 0. The van der Waals surface area contributed by atoms with Crippen molar-refractivity contribution in [2.45, 2.75) is 102 Å². The molecule has 0 rings (SSSR count). The summed E-state index contributed by atoms with van der Waals surface area (Å²) in [4.78, 5) is 10.7. The smallest absolute Gasteiger partial charge is 0.393 e. The molecular weight excluding hydrogens is 393 g/mol. The quantitative estimate of drug-likeness (QED) is 0.111. The van der Waals surface area contributed by atoms with Crippen LogP contribution in [0.2, 0.25) is 0 Å². The fourth-order valence-electron chi connectivity index (χ4n) is 2.65. The molecular formula is C19H29F7O2. The van der Waals surface area contributed by atoms with Gasteiger partial charge in [0.25, 0.3) is 0 Å². The molecule has 0 atom stereocenters. The predicted octanol–water partition coefficient (Wildman–Crippen LogP) is 7.58. The van der Waals surface area contributed by atoms with Gasteiger partial charge in [0.05, 0.1) is 0 Å².